The summed E-state index contributed by atoms with van der Waals surface area (Å²) in [4.78, 5) is 34.3. The van der Waals surface area contributed by atoms with Crippen LogP contribution < -0.4 is 5.32 Å². The molecule has 0 spiro atoms. The number of hydrogen-bond acceptors (Lipinski definition) is 6. The maximum absolute atomic E-state index is 13.5. The van der Waals surface area contributed by atoms with Crippen molar-refractivity contribution < 1.29 is 9.59 Å². The van der Waals surface area contributed by atoms with Crippen molar-refractivity contribution in [1.82, 2.24) is 19.7 Å². The Morgan fingerprint density at radius 1 is 1.21 bits per heavy atom. The number of likely N-dealkylation sites (N-methyl/N-ethyl adjacent to an activating group) is 1. The van der Waals surface area contributed by atoms with Crippen LogP contribution in [-0.4, -0.2) is 51.3 Å². The van der Waals surface area contributed by atoms with E-state index in [0.29, 0.717) is 16.6 Å². The van der Waals surface area contributed by atoms with Gasteiger partial charge >= 0.3 is 0 Å². The number of amides is 2. The van der Waals surface area contributed by atoms with Crippen molar-refractivity contribution in [2.24, 2.45) is 0 Å². The lowest BCUT2D eigenvalue weighted by atomic mass is 10.1. The van der Waals surface area contributed by atoms with E-state index in [1.165, 1.54) is 4.90 Å². The molecule has 170 valence electrons. The molecule has 1 N–H and O–H groups in total. The number of para-hydroxylation sites is 1. The van der Waals surface area contributed by atoms with Crippen LogP contribution >= 0.6 is 23.1 Å². The Balaban J connectivity index is 1.63. The smallest absolute Gasteiger partial charge is 0.254 e. The molecule has 9 heteroatoms. The van der Waals surface area contributed by atoms with Gasteiger partial charge in [0.1, 0.15) is 0 Å². The van der Waals surface area contributed by atoms with Crippen LogP contribution in [0.25, 0.3) is 21.6 Å². The predicted octanol–water partition coefficient (Wildman–Crippen LogP) is 5.17. The number of rotatable bonds is 7. The van der Waals surface area contributed by atoms with Crippen LogP contribution in [0.5, 0.6) is 0 Å². The summed E-state index contributed by atoms with van der Waals surface area (Å²) in [7, 11) is 1.63. The van der Waals surface area contributed by atoms with Crippen LogP contribution in [-0.2, 0) is 4.79 Å². The van der Waals surface area contributed by atoms with Crippen LogP contribution in [0.1, 0.15) is 30.2 Å². The van der Waals surface area contributed by atoms with Crippen molar-refractivity contribution >= 4 is 51.6 Å². The molecule has 0 unspecified atom stereocenters. The van der Waals surface area contributed by atoms with E-state index in [1.807, 2.05) is 66.6 Å². The van der Waals surface area contributed by atoms with Gasteiger partial charge in [-0.05, 0) is 49.7 Å². The van der Waals surface area contributed by atoms with E-state index in [-0.39, 0.29) is 24.4 Å². The van der Waals surface area contributed by atoms with Crippen molar-refractivity contribution in [2.45, 2.75) is 24.8 Å². The summed E-state index contributed by atoms with van der Waals surface area (Å²) < 4.78 is 1.81. The highest BCUT2D eigenvalue weighted by Crippen LogP contribution is 2.29. The van der Waals surface area contributed by atoms with E-state index in [0.717, 1.165) is 21.2 Å². The van der Waals surface area contributed by atoms with Gasteiger partial charge in [-0.2, -0.15) is 5.10 Å². The molecule has 0 atom stereocenters. The fourth-order valence-corrected chi connectivity index (χ4v) is 4.79. The predicted molar refractivity (Wildman–Crippen MR) is 135 cm³/mol. The molecule has 0 saturated carbocycles. The topological polar surface area (TPSA) is 80.1 Å². The minimum Gasteiger partial charge on any atom is -0.332 e. The van der Waals surface area contributed by atoms with Crippen molar-refractivity contribution in [1.29, 1.82) is 0 Å². The first-order valence-electron chi connectivity index (χ1n) is 10.5. The van der Waals surface area contributed by atoms with Crippen LogP contribution in [0.15, 0.2) is 58.9 Å². The van der Waals surface area contributed by atoms with Gasteiger partial charge in [0, 0.05) is 18.0 Å². The van der Waals surface area contributed by atoms with Gasteiger partial charge in [0.15, 0.2) is 5.65 Å². The average molecular weight is 480 g/mol. The minimum absolute atomic E-state index is 0.0714. The molecule has 33 heavy (non-hydrogen) atoms. The summed E-state index contributed by atoms with van der Waals surface area (Å²) in [5, 5.41) is 10.0. The fraction of sp³-hybridized carbons (Fsp3) is 0.250. The largest absolute Gasteiger partial charge is 0.332 e. The molecule has 2 amide bonds. The molecular weight excluding hydrogens is 454 g/mol. The number of anilines is 1. The lowest BCUT2D eigenvalue weighted by Gasteiger charge is -2.18. The van der Waals surface area contributed by atoms with Gasteiger partial charge in [0.05, 0.1) is 39.9 Å². The van der Waals surface area contributed by atoms with Crippen molar-refractivity contribution in [3.63, 3.8) is 0 Å². The molecule has 0 aliphatic rings. The lowest BCUT2D eigenvalue weighted by Crippen LogP contribution is -2.35. The summed E-state index contributed by atoms with van der Waals surface area (Å²) in [6, 6.07) is 13.4. The summed E-state index contributed by atoms with van der Waals surface area (Å²) >= 11 is 3.12. The molecular formula is C24H25N5O2S2. The molecule has 0 saturated heterocycles. The van der Waals surface area contributed by atoms with Crippen molar-refractivity contribution in [2.75, 3.05) is 25.2 Å². The van der Waals surface area contributed by atoms with E-state index in [1.54, 1.807) is 42.4 Å². The second-order valence-corrected chi connectivity index (χ2v) is 9.66. The molecule has 3 heterocycles. The van der Waals surface area contributed by atoms with Gasteiger partial charge < -0.3 is 10.2 Å². The number of thioether (sulfide) groups is 1. The maximum atomic E-state index is 13.5. The molecule has 4 rings (SSSR count). The molecule has 0 aliphatic carbocycles. The summed E-state index contributed by atoms with van der Waals surface area (Å²) in [5.74, 6) is -0.509. The lowest BCUT2D eigenvalue weighted by molar-refractivity contribution is -0.116. The summed E-state index contributed by atoms with van der Waals surface area (Å²) in [5.41, 5.74) is 2.59. The maximum Gasteiger partial charge on any atom is 0.254 e. The zero-order valence-electron chi connectivity index (χ0n) is 18.9. The average Bonchev–Trinajstić information content (AvgIpc) is 3.48. The van der Waals surface area contributed by atoms with Crippen LogP contribution in [0.4, 0.5) is 5.69 Å². The SMILES string of the molecule is CSc1ccccc1NC(=O)CN(C)C(=O)c1cc(-c2cccs2)nc2c1cnn2C(C)C. The van der Waals surface area contributed by atoms with Crippen LogP contribution in [0.3, 0.4) is 0 Å². The number of fused-ring (bicyclic) bond motifs is 1. The quantitative estimate of drug-likeness (QED) is 0.370. The number of carbonyl (C=O) groups excluding carboxylic acids is 2. The van der Waals surface area contributed by atoms with Crippen LogP contribution in [0.2, 0.25) is 0 Å². The van der Waals surface area contributed by atoms with E-state index in [9.17, 15) is 9.59 Å². The Kier molecular flexibility index (Phi) is 6.80. The standard InChI is InChI=1S/C24H25N5O2S2/c1-15(2)29-23-17(13-25-29)16(12-19(27-23)21-10-7-11-33-21)24(31)28(3)14-22(30)26-18-8-5-6-9-20(18)32-4/h5-13,15H,14H2,1-4H3,(H,26,30). The van der Waals surface area contributed by atoms with Crippen molar-refractivity contribution in [3.05, 3.63) is 59.6 Å². The second-order valence-electron chi connectivity index (χ2n) is 7.86. The summed E-state index contributed by atoms with van der Waals surface area (Å²) in [6.45, 7) is 3.98. The monoisotopic (exact) mass is 479 g/mol. The van der Waals surface area contributed by atoms with Gasteiger partial charge in [0.25, 0.3) is 5.91 Å². The van der Waals surface area contributed by atoms with Gasteiger partial charge in [0.2, 0.25) is 5.91 Å². The Morgan fingerprint density at radius 3 is 2.70 bits per heavy atom. The molecule has 0 fully saturated rings. The molecule has 4 aromatic rings. The number of hydrogen-bond donors (Lipinski definition) is 1. The van der Waals surface area contributed by atoms with E-state index in [2.05, 4.69) is 10.4 Å². The Bertz CT molecular complexity index is 1300. The number of aromatic nitrogens is 3. The number of carbonyl (C=O) groups is 2. The number of nitrogens with one attached hydrogen (secondary N) is 1. The zero-order chi connectivity index (χ0) is 23.5. The zero-order valence-corrected chi connectivity index (χ0v) is 20.5. The highest BCUT2D eigenvalue weighted by atomic mass is 32.2. The van der Waals surface area contributed by atoms with E-state index >= 15 is 0 Å². The minimum atomic E-state index is -0.256. The molecule has 0 aliphatic heterocycles. The number of benzene rings is 1. The first-order chi connectivity index (χ1) is 15.9. The highest BCUT2D eigenvalue weighted by molar-refractivity contribution is 7.98. The van der Waals surface area contributed by atoms with Gasteiger partial charge in [-0.3, -0.25) is 9.59 Å². The van der Waals surface area contributed by atoms with Gasteiger partial charge in [-0.1, -0.05) is 18.2 Å². The third-order valence-electron chi connectivity index (χ3n) is 5.17. The highest BCUT2D eigenvalue weighted by Gasteiger charge is 2.22. The first-order valence-corrected chi connectivity index (χ1v) is 12.6. The van der Waals surface area contributed by atoms with Crippen molar-refractivity contribution in [3.8, 4) is 10.6 Å². The third-order valence-corrected chi connectivity index (χ3v) is 6.86. The molecule has 0 bridgehead atoms. The number of pyridine rings is 1. The van der Waals surface area contributed by atoms with E-state index in [4.69, 9.17) is 4.98 Å². The molecule has 0 radical (unpaired) electrons. The van der Waals surface area contributed by atoms with Gasteiger partial charge in [-0.25, -0.2) is 9.67 Å². The fourth-order valence-electron chi connectivity index (χ4n) is 3.55. The Morgan fingerprint density at radius 2 is 2.00 bits per heavy atom. The third kappa shape index (κ3) is 4.79. The summed E-state index contributed by atoms with van der Waals surface area (Å²) in [6.07, 6.45) is 3.63. The first kappa shape index (κ1) is 23.0. The van der Waals surface area contributed by atoms with Crippen LogP contribution in [0, 0.1) is 0 Å². The normalized spacial score (nSPS) is 11.2. The van der Waals surface area contributed by atoms with Gasteiger partial charge in [-0.15, -0.1) is 23.1 Å². The van der Waals surface area contributed by atoms with E-state index < -0.39 is 0 Å². The Hall–Kier alpha value is -3.17. The molecule has 3 aromatic heterocycles. The molecule has 1 aromatic carbocycles. The number of nitrogens with zero attached hydrogens (tertiary/aromatic N) is 4. The second kappa shape index (κ2) is 9.76. The molecule has 7 nitrogen and oxygen atoms in total. The number of thiophene rings is 1. The Labute approximate surface area is 200 Å².